The zero-order chi connectivity index (χ0) is 13.6. The van der Waals surface area contributed by atoms with Crippen LogP contribution in [0, 0.1) is 0 Å². The van der Waals surface area contributed by atoms with Crippen molar-refractivity contribution in [2.45, 2.75) is 38.4 Å². The van der Waals surface area contributed by atoms with Crippen LogP contribution in [-0.4, -0.2) is 12.6 Å². The maximum Gasteiger partial charge on any atom is 0.416 e. The van der Waals surface area contributed by atoms with Gasteiger partial charge >= 0.3 is 6.18 Å². The van der Waals surface area contributed by atoms with E-state index in [-0.39, 0.29) is 6.04 Å². The molecule has 0 fully saturated rings. The maximum atomic E-state index is 12.4. The molecule has 0 saturated carbocycles. The molecule has 0 aromatic heterocycles. The Morgan fingerprint density at radius 1 is 1.22 bits per heavy atom. The first-order chi connectivity index (χ1) is 8.47. The Morgan fingerprint density at radius 2 is 1.83 bits per heavy atom. The van der Waals surface area contributed by atoms with Crippen LogP contribution in [0.2, 0.25) is 0 Å². The van der Waals surface area contributed by atoms with Gasteiger partial charge in [-0.2, -0.15) is 13.2 Å². The highest BCUT2D eigenvalue weighted by Gasteiger charge is 2.29. The Kier molecular flexibility index (Phi) is 5.47. The molecule has 0 bridgehead atoms. The van der Waals surface area contributed by atoms with E-state index in [1.165, 1.54) is 12.1 Å². The third-order valence-corrected chi connectivity index (χ3v) is 2.77. The second-order valence-electron chi connectivity index (χ2n) is 4.29. The normalized spacial score (nSPS) is 13.4. The maximum absolute atomic E-state index is 12.4. The topological polar surface area (TPSA) is 38.0 Å². The van der Waals surface area contributed by atoms with E-state index in [0.717, 1.165) is 31.4 Å². The first-order valence-electron chi connectivity index (χ1n) is 6.11. The van der Waals surface area contributed by atoms with E-state index < -0.39 is 11.7 Å². The number of rotatable bonds is 6. The van der Waals surface area contributed by atoms with Crippen molar-refractivity contribution in [3.63, 3.8) is 0 Å². The zero-order valence-corrected chi connectivity index (χ0v) is 10.4. The van der Waals surface area contributed by atoms with Gasteiger partial charge in [-0.05, 0) is 30.7 Å². The average Bonchev–Trinajstić information content (AvgIpc) is 2.34. The largest absolute Gasteiger partial charge is 0.416 e. The van der Waals surface area contributed by atoms with Crippen LogP contribution in [0.3, 0.4) is 0 Å². The summed E-state index contributed by atoms with van der Waals surface area (Å²) >= 11 is 0. The molecule has 2 nitrogen and oxygen atoms in total. The van der Waals surface area contributed by atoms with Crippen LogP contribution in [0.4, 0.5) is 18.9 Å². The molecule has 1 aromatic rings. The summed E-state index contributed by atoms with van der Waals surface area (Å²) in [5, 5.41) is 3.15. The Morgan fingerprint density at radius 3 is 2.28 bits per heavy atom. The molecule has 0 aliphatic heterocycles. The van der Waals surface area contributed by atoms with Gasteiger partial charge in [-0.1, -0.05) is 19.8 Å². The number of unbranched alkanes of at least 4 members (excludes halogenated alkanes) is 1. The number of benzene rings is 1. The van der Waals surface area contributed by atoms with Crippen molar-refractivity contribution in [2.24, 2.45) is 5.73 Å². The molecular formula is C13H19F3N2. The molecule has 3 N–H and O–H groups in total. The molecule has 1 unspecified atom stereocenters. The number of anilines is 1. The van der Waals surface area contributed by atoms with Gasteiger partial charge in [0, 0.05) is 18.3 Å². The van der Waals surface area contributed by atoms with E-state index in [1.807, 2.05) is 0 Å². The van der Waals surface area contributed by atoms with Crippen molar-refractivity contribution in [1.29, 1.82) is 0 Å². The Balaban J connectivity index is 2.62. The number of hydrogen-bond acceptors (Lipinski definition) is 2. The molecule has 18 heavy (non-hydrogen) atoms. The smallest absolute Gasteiger partial charge is 0.381 e. The minimum atomic E-state index is -4.28. The van der Waals surface area contributed by atoms with Crippen LogP contribution in [0.15, 0.2) is 24.3 Å². The zero-order valence-electron chi connectivity index (χ0n) is 10.4. The van der Waals surface area contributed by atoms with Crippen molar-refractivity contribution >= 4 is 5.69 Å². The number of alkyl halides is 3. The highest BCUT2D eigenvalue weighted by molar-refractivity contribution is 5.46. The van der Waals surface area contributed by atoms with E-state index in [0.29, 0.717) is 12.2 Å². The van der Waals surface area contributed by atoms with Gasteiger partial charge in [0.2, 0.25) is 0 Å². The summed E-state index contributed by atoms with van der Waals surface area (Å²) in [5.41, 5.74) is 5.66. The molecule has 1 aromatic carbocycles. The third kappa shape index (κ3) is 4.56. The lowest BCUT2D eigenvalue weighted by atomic mass is 10.1. The number of nitrogens with two attached hydrogens (primary N) is 1. The molecule has 0 saturated heterocycles. The van der Waals surface area contributed by atoms with E-state index in [1.54, 1.807) is 0 Å². The van der Waals surface area contributed by atoms with Gasteiger partial charge in [-0.3, -0.25) is 0 Å². The highest BCUT2D eigenvalue weighted by atomic mass is 19.4. The fourth-order valence-corrected chi connectivity index (χ4v) is 1.69. The summed E-state index contributed by atoms with van der Waals surface area (Å²) < 4.78 is 37.1. The standard InChI is InChI=1S/C13H19F3N2/c1-2-3-4-12(9-17)18-11-7-5-10(6-8-11)13(14,15)16/h5-8,12,18H,2-4,9,17H2,1H3. The van der Waals surface area contributed by atoms with Crippen LogP contribution in [0.1, 0.15) is 31.7 Å². The molecule has 1 rings (SSSR count). The summed E-state index contributed by atoms with van der Waals surface area (Å²) in [4.78, 5) is 0. The summed E-state index contributed by atoms with van der Waals surface area (Å²) in [6, 6.07) is 5.15. The summed E-state index contributed by atoms with van der Waals surface area (Å²) in [5.74, 6) is 0. The average molecular weight is 260 g/mol. The van der Waals surface area contributed by atoms with Crippen molar-refractivity contribution in [3.05, 3.63) is 29.8 Å². The minimum absolute atomic E-state index is 0.113. The van der Waals surface area contributed by atoms with Gasteiger partial charge in [0.25, 0.3) is 0 Å². The molecule has 0 spiro atoms. The number of halogens is 3. The monoisotopic (exact) mass is 260 g/mol. The van der Waals surface area contributed by atoms with Crippen molar-refractivity contribution in [1.82, 2.24) is 0 Å². The fourth-order valence-electron chi connectivity index (χ4n) is 1.69. The van der Waals surface area contributed by atoms with Gasteiger partial charge in [-0.25, -0.2) is 0 Å². The number of nitrogens with one attached hydrogen (secondary N) is 1. The molecular weight excluding hydrogens is 241 g/mol. The lowest BCUT2D eigenvalue weighted by molar-refractivity contribution is -0.137. The van der Waals surface area contributed by atoms with Gasteiger partial charge in [0.15, 0.2) is 0 Å². The van der Waals surface area contributed by atoms with Gasteiger partial charge in [0.1, 0.15) is 0 Å². The summed E-state index contributed by atoms with van der Waals surface area (Å²) in [7, 11) is 0. The van der Waals surface area contributed by atoms with Gasteiger partial charge in [0.05, 0.1) is 5.56 Å². The Bertz CT molecular complexity index is 346. The minimum Gasteiger partial charge on any atom is -0.381 e. The van der Waals surface area contributed by atoms with Crippen molar-refractivity contribution < 1.29 is 13.2 Å². The lowest BCUT2D eigenvalue weighted by Gasteiger charge is -2.18. The first-order valence-corrected chi connectivity index (χ1v) is 6.11. The Labute approximate surface area is 105 Å². The van der Waals surface area contributed by atoms with Crippen molar-refractivity contribution in [2.75, 3.05) is 11.9 Å². The molecule has 5 heteroatoms. The molecule has 0 aliphatic rings. The van der Waals surface area contributed by atoms with E-state index >= 15 is 0 Å². The predicted molar refractivity (Wildman–Crippen MR) is 67.4 cm³/mol. The lowest BCUT2D eigenvalue weighted by Crippen LogP contribution is -2.28. The van der Waals surface area contributed by atoms with E-state index in [9.17, 15) is 13.2 Å². The molecule has 0 aliphatic carbocycles. The molecule has 102 valence electrons. The van der Waals surface area contributed by atoms with Gasteiger partial charge in [-0.15, -0.1) is 0 Å². The quantitative estimate of drug-likeness (QED) is 0.819. The van der Waals surface area contributed by atoms with Crippen LogP contribution in [-0.2, 0) is 6.18 Å². The molecule has 0 radical (unpaired) electrons. The van der Waals surface area contributed by atoms with Crippen LogP contribution >= 0.6 is 0 Å². The summed E-state index contributed by atoms with van der Waals surface area (Å²) in [6.45, 7) is 2.56. The number of hydrogen-bond donors (Lipinski definition) is 2. The SMILES string of the molecule is CCCCC(CN)Nc1ccc(C(F)(F)F)cc1. The molecule has 0 heterocycles. The molecule has 1 atom stereocenters. The van der Waals surface area contributed by atoms with Gasteiger partial charge < -0.3 is 11.1 Å². The highest BCUT2D eigenvalue weighted by Crippen LogP contribution is 2.29. The fraction of sp³-hybridized carbons (Fsp3) is 0.538. The van der Waals surface area contributed by atoms with Crippen molar-refractivity contribution in [3.8, 4) is 0 Å². The summed E-state index contributed by atoms with van der Waals surface area (Å²) in [6.07, 6.45) is -1.23. The second kappa shape index (κ2) is 6.64. The molecule has 0 amide bonds. The Hall–Kier alpha value is -1.23. The van der Waals surface area contributed by atoms with E-state index in [2.05, 4.69) is 12.2 Å². The van der Waals surface area contributed by atoms with E-state index in [4.69, 9.17) is 5.73 Å². The van der Waals surface area contributed by atoms with Crippen LogP contribution in [0.25, 0.3) is 0 Å². The second-order valence-corrected chi connectivity index (χ2v) is 4.29. The van der Waals surface area contributed by atoms with Crippen LogP contribution in [0.5, 0.6) is 0 Å². The predicted octanol–water partition coefficient (Wildman–Crippen LogP) is 3.63. The first kappa shape index (κ1) is 14.8. The van der Waals surface area contributed by atoms with Crippen LogP contribution < -0.4 is 11.1 Å². The third-order valence-electron chi connectivity index (χ3n) is 2.77.